The van der Waals surface area contributed by atoms with Crippen molar-refractivity contribution in [1.29, 1.82) is 0 Å². The summed E-state index contributed by atoms with van der Waals surface area (Å²) in [6.45, 7) is 3.54. The second-order valence-corrected chi connectivity index (χ2v) is 18.1. The van der Waals surface area contributed by atoms with E-state index in [4.69, 9.17) is 118 Å². The van der Waals surface area contributed by atoms with E-state index in [1.54, 1.807) is 25.1 Å². The lowest BCUT2D eigenvalue weighted by Crippen LogP contribution is -2.78. The molecule has 2 atom stereocenters. The van der Waals surface area contributed by atoms with Crippen molar-refractivity contribution in [2.75, 3.05) is 13.2 Å². The average Bonchev–Trinajstić information content (AvgIpc) is 3.01. The number of fused-ring (bicyclic) bond motifs is 1. The molecule has 0 aromatic heterocycles. The largest absolute Gasteiger partial charge is 0.394 e. The summed E-state index contributed by atoms with van der Waals surface area (Å²) in [5.41, 5.74) is 0.643. The van der Waals surface area contributed by atoms with Gasteiger partial charge in [0.15, 0.2) is 0 Å². The molecule has 33 heteroatoms. The molecule has 20 radical (unpaired) electrons. The van der Waals surface area contributed by atoms with E-state index in [0.717, 1.165) is 12.1 Å². The number of hydrogen-bond donors (Lipinski definition) is 2. The number of ether oxygens (including phenoxy) is 1. The topological polar surface area (TPSA) is 161 Å². The molecule has 0 amide bonds. The molecule has 2 aromatic carbocycles. The monoisotopic (exact) mass is 776 g/mol. The van der Waals surface area contributed by atoms with Crippen LogP contribution in [0.3, 0.4) is 0 Å². The van der Waals surface area contributed by atoms with Gasteiger partial charge in [0.25, 0.3) is 28.2 Å². The Morgan fingerprint density at radius 2 is 1.10 bits per heavy atom. The molecule has 52 heavy (non-hydrogen) atoms. The van der Waals surface area contributed by atoms with Gasteiger partial charge in [-0.2, -0.15) is 8.42 Å². The van der Waals surface area contributed by atoms with Gasteiger partial charge in [-0.15, -0.1) is 0 Å². The smallest absolute Gasteiger partial charge is 0.297 e. The summed E-state index contributed by atoms with van der Waals surface area (Å²) in [4.78, 5) is -0.828. The molecule has 0 bridgehead atoms. The Kier molecular flexibility index (Phi) is 23.8. The predicted octanol–water partition coefficient (Wildman–Crippen LogP) is -4.64. The first-order chi connectivity index (χ1) is 23.7. The fourth-order valence-corrected chi connectivity index (χ4v) is 8.59. The minimum atomic E-state index is -4.11. The third-order valence-corrected chi connectivity index (χ3v) is 11.2. The molecule has 1 aliphatic rings. The highest BCUT2D eigenvalue weighted by Crippen LogP contribution is 2.26. The van der Waals surface area contributed by atoms with Crippen LogP contribution in [0.5, 0.6) is 0 Å². The maximum Gasteiger partial charge on any atom is 0.297 e. The van der Waals surface area contributed by atoms with Crippen molar-refractivity contribution in [3.63, 3.8) is 0 Å². The Balaban J connectivity index is 0.000000707. The van der Waals surface area contributed by atoms with Gasteiger partial charge < -0.3 is 14.9 Å². The molecule has 2 N–H and O–H groups in total. The van der Waals surface area contributed by atoms with Crippen molar-refractivity contribution in [3.05, 3.63) is 54.1 Å². The molecule has 3 rings (SSSR count). The minimum absolute atomic E-state index is 0.0661. The zero-order chi connectivity index (χ0) is 40.8. The number of aliphatic hydroxyl groups is 2. The van der Waals surface area contributed by atoms with E-state index in [-0.39, 0.29) is 24.2 Å². The lowest BCUT2D eigenvalue weighted by atomic mass is 8.41. The molecular formula is C19H24B18Cl2O10S3. The number of aliphatic hydroxyl groups excluding tert-OH is 2. The van der Waals surface area contributed by atoms with E-state index in [1.165, 1.54) is 25.1 Å². The number of halogens is 2. The summed E-state index contributed by atoms with van der Waals surface area (Å²) in [5, 5.41) is 16.0. The molecule has 0 fully saturated rings. The van der Waals surface area contributed by atoms with Crippen molar-refractivity contribution < 1.29 is 44.4 Å². The van der Waals surface area contributed by atoms with Crippen LogP contribution in [0.2, 0.25) is 0 Å². The second-order valence-electron chi connectivity index (χ2n) is 11.4. The quantitative estimate of drug-likeness (QED) is 0.137. The Hall–Kier alpha value is -0.121. The fourth-order valence-electron chi connectivity index (χ4n) is 4.56. The van der Waals surface area contributed by atoms with Crippen LogP contribution in [0.4, 0.5) is 0 Å². The molecule has 2 aromatic rings. The van der Waals surface area contributed by atoms with Gasteiger partial charge in [0, 0.05) is 150 Å². The van der Waals surface area contributed by atoms with Crippen molar-refractivity contribution >= 4 is 178 Å². The van der Waals surface area contributed by atoms with Crippen LogP contribution in [-0.2, 0) is 43.7 Å². The van der Waals surface area contributed by atoms with Gasteiger partial charge in [0.05, 0.1) is 36.9 Å². The van der Waals surface area contributed by atoms with Gasteiger partial charge >= 0.3 is 0 Å². The highest BCUT2D eigenvalue weighted by Gasteiger charge is 2.42. The van der Waals surface area contributed by atoms with E-state index in [9.17, 15) is 25.3 Å². The van der Waals surface area contributed by atoms with E-state index >= 15 is 0 Å². The summed E-state index contributed by atoms with van der Waals surface area (Å²) in [6, 6.07) is 11.5. The Morgan fingerprint density at radius 3 is 1.42 bits per heavy atom. The van der Waals surface area contributed by atoms with Gasteiger partial charge in [-0.05, 0) is 37.6 Å². The molecule has 0 saturated carbocycles. The molecular weight excluding hydrogens is 750 g/mol. The Labute approximate surface area is 334 Å². The molecule has 2 unspecified atom stereocenters. The van der Waals surface area contributed by atoms with Crippen LogP contribution < -0.4 is 0 Å². The van der Waals surface area contributed by atoms with E-state index < -0.39 is 95.2 Å². The molecule has 0 saturated heterocycles. The first kappa shape index (κ1) is 51.9. The first-order valence-electron chi connectivity index (χ1n) is 15.1. The summed E-state index contributed by atoms with van der Waals surface area (Å²) in [5.74, 6) is 0. The van der Waals surface area contributed by atoms with E-state index in [1.807, 2.05) is 0 Å². The number of rotatable bonds is 10. The number of hydrogen-bond acceptors (Lipinski definition) is 10. The van der Waals surface area contributed by atoms with E-state index in [0.29, 0.717) is 12.2 Å². The molecule has 246 valence electrons. The van der Waals surface area contributed by atoms with E-state index in [2.05, 4.69) is 0 Å². The lowest BCUT2D eigenvalue weighted by Gasteiger charge is -2.40. The van der Waals surface area contributed by atoms with Crippen LogP contribution in [0.25, 0.3) is 0 Å². The van der Waals surface area contributed by atoms with Crippen LogP contribution in [-0.4, -0.2) is 189 Å². The summed E-state index contributed by atoms with van der Waals surface area (Å²) in [7, 11) is 54.9. The Morgan fingerprint density at radius 1 is 0.750 bits per heavy atom. The first-order valence-corrected chi connectivity index (χ1v) is 21.1. The van der Waals surface area contributed by atoms with Gasteiger partial charge in [0.2, 0.25) is 0 Å². The van der Waals surface area contributed by atoms with Gasteiger partial charge in [-0.1, -0.05) is 30.3 Å². The fraction of sp³-hybridized carbons (Fsp3) is 0.368. The molecule has 0 spiro atoms. The second kappa shape index (κ2) is 23.8. The van der Waals surface area contributed by atoms with Gasteiger partial charge in [-0.25, -0.2) is 16.8 Å². The zero-order valence-electron chi connectivity index (χ0n) is 28.4. The van der Waals surface area contributed by atoms with Crippen LogP contribution in [0.1, 0.15) is 19.4 Å². The summed E-state index contributed by atoms with van der Waals surface area (Å²) >= 11 is 0. The average molecular weight is 774 g/mol. The van der Waals surface area contributed by atoms with Gasteiger partial charge in [0.1, 0.15) is 9.79 Å². The van der Waals surface area contributed by atoms with Crippen molar-refractivity contribution in [3.8, 4) is 0 Å². The van der Waals surface area contributed by atoms with Crippen molar-refractivity contribution in [2.24, 2.45) is 0 Å². The normalized spacial score (nSPS) is 15.2. The maximum absolute atomic E-state index is 11.7. The zero-order valence-corrected chi connectivity index (χ0v) is 32.4. The standard InChI is InChI=1S/C10H12O4S.C6H4Cl2O4S2.C3H8O2.B18/c1-8-6-14-15(11,12)10-5-3-2-4-9(10)7-13-8;7-13(9,10)5-3-1-2-4-6(5)14(8,11)12;1-3(5)2-4;1-11(2)16(12(3)4)18(15(9)10)17(13(5)6)14(7)8/h2-5,8H,6-7H2,1H3;1-4H;3-5H,2H2,1H3;. The molecule has 10 nitrogen and oxygen atoms in total. The highest BCUT2D eigenvalue weighted by molar-refractivity contribution is 8.17. The van der Waals surface area contributed by atoms with Crippen LogP contribution >= 0.6 is 21.4 Å². The van der Waals surface area contributed by atoms with Crippen molar-refractivity contribution in [1.82, 2.24) is 0 Å². The minimum Gasteiger partial charge on any atom is -0.394 e. The highest BCUT2D eigenvalue weighted by atomic mass is 35.7. The SMILES string of the molecule is CC(O)CO.CC1COS(=O)(=O)c2ccccc2CO1.O=S(=O)(Cl)c1ccccc1S(=O)(=O)Cl.[B]B([B])B(B([B])[B])B(B([B])[B])B(B([B])[B])B([B])[B]. The van der Waals surface area contributed by atoms with Crippen molar-refractivity contribution in [2.45, 2.75) is 47.3 Å². The van der Waals surface area contributed by atoms with Gasteiger partial charge in [-0.3, -0.25) is 4.18 Å². The third kappa shape index (κ3) is 18.2. The molecule has 1 aliphatic heterocycles. The summed E-state index contributed by atoms with van der Waals surface area (Å²) in [6.07, 6.45) is -6.82. The molecule has 0 aliphatic carbocycles. The van der Waals surface area contributed by atoms with Crippen LogP contribution in [0, 0.1) is 0 Å². The summed E-state index contributed by atoms with van der Waals surface area (Å²) < 4.78 is 77.5. The Bertz CT molecular complexity index is 1610. The lowest BCUT2D eigenvalue weighted by molar-refractivity contribution is 0.0180. The molecule has 1 heterocycles. The third-order valence-electron chi connectivity index (χ3n) is 6.97. The number of benzene rings is 2. The maximum atomic E-state index is 11.7. The predicted molar refractivity (Wildman–Crippen MR) is 229 cm³/mol. The van der Waals surface area contributed by atoms with Crippen LogP contribution in [0.15, 0.2) is 63.2 Å².